The topological polar surface area (TPSA) is 20.2 Å². The predicted molar refractivity (Wildman–Crippen MR) is 68.1 cm³/mol. The van der Waals surface area contributed by atoms with Crippen LogP contribution in [-0.2, 0) is 0 Å². The fraction of sp³-hybridized carbons (Fsp3) is 0.714. The second kappa shape index (κ2) is 13.3. The number of hydrogen-bond donors (Lipinski definition) is 1. The van der Waals surface area contributed by atoms with Crippen LogP contribution in [0, 0.1) is 0 Å². The first kappa shape index (κ1) is 14.3. The van der Waals surface area contributed by atoms with Gasteiger partial charge in [-0.3, -0.25) is 0 Å². The minimum absolute atomic E-state index is 1.07. The van der Waals surface area contributed by atoms with Gasteiger partial charge in [-0.15, -0.1) is 0 Å². The standard InChI is InChI=1S/C14H26O/c1-2-3-4-5-6-7-8-9-10-11-12-13-14-15/h11-15H,2-10H2,1H3/b12-11-,14-13+. The summed E-state index contributed by atoms with van der Waals surface area (Å²) in [5.74, 6) is 0. The third kappa shape index (κ3) is 13.3. The van der Waals surface area contributed by atoms with Gasteiger partial charge in [-0.1, -0.05) is 64.0 Å². The van der Waals surface area contributed by atoms with Crippen LogP contribution in [0.1, 0.15) is 64.7 Å². The molecule has 0 aromatic carbocycles. The maximum absolute atomic E-state index is 8.38. The van der Waals surface area contributed by atoms with Crippen molar-refractivity contribution in [3.63, 3.8) is 0 Å². The Labute approximate surface area is 94.9 Å². The van der Waals surface area contributed by atoms with Gasteiger partial charge in [0.25, 0.3) is 0 Å². The highest BCUT2D eigenvalue weighted by Gasteiger charge is 1.89. The third-order valence-corrected chi connectivity index (χ3v) is 2.56. The monoisotopic (exact) mass is 210 g/mol. The SMILES string of the molecule is CCCCCCCCCC/C=C\C=C\O. The lowest BCUT2D eigenvalue weighted by molar-refractivity contribution is 0.473. The van der Waals surface area contributed by atoms with E-state index in [-0.39, 0.29) is 0 Å². The van der Waals surface area contributed by atoms with E-state index < -0.39 is 0 Å². The van der Waals surface area contributed by atoms with Crippen molar-refractivity contribution >= 4 is 0 Å². The molecule has 1 nitrogen and oxygen atoms in total. The zero-order valence-corrected chi connectivity index (χ0v) is 10.1. The summed E-state index contributed by atoms with van der Waals surface area (Å²) < 4.78 is 0. The van der Waals surface area contributed by atoms with Gasteiger partial charge in [-0.25, -0.2) is 0 Å². The Morgan fingerprint density at radius 1 is 0.800 bits per heavy atom. The molecule has 0 radical (unpaired) electrons. The molecule has 0 heterocycles. The van der Waals surface area contributed by atoms with Crippen LogP contribution in [0.2, 0.25) is 0 Å². The summed E-state index contributed by atoms with van der Waals surface area (Å²) in [6.45, 7) is 2.26. The van der Waals surface area contributed by atoms with Gasteiger partial charge in [0, 0.05) is 0 Å². The number of aliphatic hydroxyl groups excluding tert-OH is 1. The van der Waals surface area contributed by atoms with Crippen LogP contribution in [-0.4, -0.2) is 5.11 Å². The Kier molecular flexibility index (Phi) is 12.6. The maximum atomic E-state index is 8.38. The average Bonchev–Trinajstić information content (AvgIpc) is 2.26. The molecule has 0 unspecified atom stereocenters. The van der Waals surface area contributed by atoms with Crippen molar-refractivity contribution in [2.75, 3.05) is 0 Å². The predicted octanol–water partition coefficient (Wildman–Crippen LogP) is 5.15. The first-order valence-corrected chi connectivity index (χ1v) is 6.37. The van der Waals surface area contributed by atoms with Crippen LogP contribution in [0.15, 0.2) is 24.5 Å². The molecule has 0 aromatic heterocycles. The molecular weight excluding hydrogens is 184 g/mol. The Morgan fingerprint density at radius 2 is 1.40 bits per heavy atom. The number of unbranched alkanes of at least 4 members (excludes halogenated alkanes) is 8. The molecule has 0 rings (SSSR count). The Hall–Kier alpha value is -0.720. The lowest BCUT2D eigenvalue weighted by atomic mass is 10.1. The smallest absolute Gasteiger partial charge is 0.0791 e. The zero-order chi connectivity index (χ0) is 11.2. The quantitative estimate of drug-likeness (QED) is 0.300. The molecule has 0 fully saturated rings. The van der Waals surface area contributed by atoms with E-state index in [1.54, 1.807) is 6.08 Å². The van der Waals surface area contributed by atoms with Gasteiger partial charge in [-0.2, -0.15) is 0 Å². The lowest BCUT2D eigenvalue weighted by Gasteiger charge is -1.99. The van der Waals surface area contributed by atoms with Crippen molar-refractivity contribution in [2.45, 2.75) is 64.7 Å². The van der Waals surface area contributed by atoms with Gasteiger partial charge in [0.1, 0.15) is 0 Å². The maximum Gasteiger partial charge on any atom is 0.0791 e. The van der Waals surface area contributed by atoms with Gasteiger partial charge in [0.15, 0.2) is 0 Å². The molecule has 0 bridgehead atoms. The number of allylic oxidation sites excluding steroid dienone is 3. The second-order valence-corrected chi connectivity index (χ2v) is 4.03. The van der Waals surface area contributed by atoms with E-state index in [1.807, 2.05) is 6.08 Å². The molecule has 0 aromatic rings. The fourth-order valence-corrected chi connectivity index (χ4v) is 1.62. The minimum atomic E-state index is 1.07. The molecule has 0 saturated heterocycles. The molecule has 0 aliphatic carbocycles. The van der Waals surface area contributed by atoms with Crippen LogP contribution in [0.25, 0.3) is 0 Å². The van der Waals surface area contributed by atoms with Gasteiger partial charge >= 0.3 is 0 Å². The molecule has 0 saturated carbocycles. The summed E-state index contributed by atoms with van der Waals surface area (Å²) in [6, 6.07) is 0. The molecule has 0 aliphatic heterocycles. The van der Waals surface area contributed by atoms with Crippen LogP contribution in [0.5, 0.6) is 0 Å². The first-order chi connectivity index (χ1) is 7.41. The Morgan fingerprint density at radius 3 is 2.00 bits per heavy atom. The summed E-state index contributed by atoms with van der Waals surface area (Å²) in [7, 11) is 0. The van der Waals surface area contributed by atoms with Crippen molar-refractivity contribution in [2.24, 2.45) is 0 Å². The summed E-state index contributed by atoms with van der Waals surface area (Å²) >= 11 is 0. The minimum Gasteiger partial charge on any atom is -0.516 e. The Bertz CT molecular complexity index is 159. The van der Waals surface area contributed by atoms with Crippen LogP contribution < -0.4 is 0 Å². The van der Waals surface area contributed by atoms with Crippen LogP contribution >= 0.6 is 0 Å². The lowest BCUT2D eigenvalue weighted by Crippen LogP contribution is -1.79. The van der Waals surface area contributed by atoms with E-state index in [2.05, 4.69) is 13.0 Å². The highest BCUT2D eigenvalue weighted by Crippen LogP contribution is 2.09. The second-order valence-electron chi connectivity index (χ2n) is 4.03. The third-order valence-electron chi connectivity index (χ3n) is 2.56. The van der Waals surface area contributed by atoms with Gasteiger partial charge < -0.3 is 5.11 Å². The van der Waals surface area contributed by atoms with E-state index in [0.717, 1.165) is 12.7 Å². The van der Waals surface area contributed by atoms with E-state index in [4.69, 9.17) is 5.11 Å². The van der Waals surface area contributed by atoms with E-state index >= 15 is 0 Å². The molecule has 1 heteroatoms. The van der Waals surface area contributed by atoms with Gasteiger partial charge in [0.2, 0.25) is 0 Å². The van der Waals surface area contributed by atoms with Gasteiger partial charge in [-0.05, 0) is 18.9 Å². The summed E-state index contributed by atoms with van der Waals surface area (Å²) in [4.78, 5) is 0. The number of hydrogen-bond acceptors (Lipinski definition) is 1. The number of rotatable bonds is 10. The molecule has 0 aliphatic rings. The normalized spacial score (nSPS) is 11.8. The first-order valence-electron chi connectivity index (χ1n) is 6.37. The average molecular weight is 210 g/mol. The molecule has 0 spiro atoms. The van der Waals surface area contributed by atoms with Gasteiger partial charge in [0.05, 0.1) is 6.26 Å². The molecule has 0 atom stereocenters. The van der Waals surface area contributed by atoms with E-state index in [0.29, 0.717) is 0 Å². The van der Waals surface area contributed by atoms with Crippen molar-refractivity contribution in [3.05, 3.63) is 24.5 Å². The zero-order valence-electron chi connectivity index (χ0n) is 10.1. The number of aliphatic hydroxyl groups is 1. The Balaban J connectivity index is 2.98. The summed E-state index contributed by atoms with van der Waals surface area (Å²) in [5, 5.41) is 8.38. The van der Waals surface area contributed by atoms with E-state index in [9.17, 15) is 0 Å². The molecular formula is C14H26O. The van der Waals surface area contributed by atoms with Crippen LogP contribution in [0.4, 0.5) is 0 Å². The van der Waals surface area contributed by atoms with Crippen molar-refractivity contribution in [1.29, 1.82) is 0 Å². The van der Waals surface area contributed by atoms with Crippen molar-refractivity contribution in [3.8, 4) is 0 Å². The highest BCUT2D eigenvalue weighted by molar-refractivity contribution is 4.98. The summed E-state index contributed by atoms with van der Waals surface area (Å²) in [5.41, 5.74) is 0. The molecule has 15 heavy (non-hydrogen) atoms. The summed E-state index contributed by atoms with van der Waals surface area (Å²) in [6.07, 6.45) is 18.9. The van der Waals surface area contributed by atoms with Crippen LogP contribution in [0.3, 0.4) is 0 Å². The van der Waals surface area contributed by atoms with Crippen molar-refractivity contribution < 1.29 is 5.11 Å². The highest BCUT2D eigenvalue weighted by atomic mass is 16.2. The molecule has 1 N–H and O–H groups in total. The fourth-order valence-electron chi connectivity index (χ4n) is 1.62. The molecule has 0 amide bonds. The van der Waals surface area contributed by atoms with E-state index in [1.165, 1.54) is 51.4 Å². The largest absolute Gasteiger partial charge is 0.516 e. The molecule has 88 valence electrons. The van der Waals surface area contributed by atoms with Crippen molar-refractivity contribution in [1.82, 2.24) is 0 Å².